The van der Waals surface area contributed by atoms with Crippen LogP contribution in [0.1, 0.15) is 17.3 Å². The molecule has 0 heterocycles. The van der Waals surface area contributed by atoms with Crippen molar-refractivity contribution in [2.45, 2.75) is 6.92 Å². The van der Waals surface area contributed by atoms with Crippen molar-refractivity contribution in [1.29, 1.82) is 0 Å². The second kappa shape index (κ2) is 6.10. The lowest BCUT2D eigenvalue weighted by atomic mass is 10.1. The number of rotatable bonds is 4. The molecule has 20 heavy (non-hydrogen) atoms. The quantitative estimate of drug-likeness (QED) is 0.869. The van der Waals surface area contributed by atoms with Gasteiger partial charge in [-0.2, -0.15) is 0 Å². The summed E-state index contributed by atoms with van der Waals surface area (Å²) < 4.78 is 5.26. The topological polar surface area (TPSA) is 55.6 Å². The molecule has 0 radical (unpaired) electrons. The molecule has 0 unspecified atom stereocenters. The van der Waals surface area contributed by atoms with Gasteiger partial charge in [0.2, 0.25) is 0 Å². The van der Waals surface area contributed by atoms with Crippen LogP contribution in [0, 0.1) is 0 Å². The highest BCUT2D eigenvalue weighted by Gasteiger charge is 2.20. The molecule has 2 aromatic carbocycles. The number of carbonyl (C=O) groups excluding carboxylic acids is 1. The van der Waals surface area contributed by atoms with Crippen molar-refractivity contribution < 1.29 is 9.53 Å². The number of hydrogen-bond acceptors (Lipinski definition) is 3. The average molecular weight is 270 g/mol. The largest absolute Gasteiger partial charge is 0.494 e. The van der Waals surface area contributed by atoms with E-state index >= 15 is 0 Å². The van der Waals surface area contributed by atoms with Crippen LogP contribution in [0.25, 0.3) is 0 Å². The Morgan fingerprint density at radius 2 is 1.85 bits per heavy atom. The monoisotopic (exact) mass is 270 g/mol. The zero-order chi connectivity index (χ0) is 14.5. The smallest absolute Gasteiger partial charge is 0.262 e. The molecule has 4 heteroatoms. The number of nitrogens with two attached hydrogens (primary N) is 1. The predicted molar refractivity (Wildman–Crippen MR) is 81.2 cm³/mol. The van der Waals surface area contributed by atoms with E-state index in [4.69, 9.17) is 10.5 Å². The summed E-state index contributed by atoms with van der Waals surface area (Å²) in [6.45, 7) is 2.50. The first-order valence-corrected chi connectivity index (χ1v) is 6.48. The lowest BCUT2D eigenvalue weighted by Crippen LogP contribution is -2.31. The van der Waals surface area contributed by atoms with Gasteiger partial charge in [-0.05, 0) is 31.2 Å². The van der Waals surface area contributed by atoms with Gasteiger partial charge < -0.3 is 15.4 Å². The number of ether oxygens (including phenoxy) is 1. The van der Waals surface area contributed by atoms with Crippen LogP contribution < -0.4 is 15.4 Å². The van der Waals surface area contributed by atoms with Crippen molar-refractivity contribution >= 4 is 17.3 Å². The van der Waals surface area contributed by atoms with Gasteiger partial charge in [0.1, 0.15) is 0 Å². The molecule has 0 atom stereocenters. The molecule has 4 nitrogen and oxygen atoms in total. The van der Waals surface area contributed by atoms with Crippen LogP contribution in [0.3, 0.4) is 0 Å². The fourth-order valence-electron chi connectivity index (χ4n) is 2.15. The Labute approximate surface area is 118 Å². The Hall–Kier alpha value is -2.49. The minimum absolute atomic E-state index is 0.122. The number of para-hydroxylation sites is 2. The summed E-state index contributed by atoms with van der Waals surface area (Å²) in [5.74, 6) is 0.301. The van der Waals surface area contributed by atoms with Crippen LogP contribution in [-0.4, -0.2) is 19.6 Å². The molecule has 104 valence electrons. The van der Waals surface area contributed by atoms with Gasteiger partial charge in [0.15, 0.2) is 5.75 Å². The predicted octanol–water partition coefficient (Wildman–Crippen LogP) is 2.94. The van der Waals surface area contributed by atoms with E-state index in [0.29, 0.717) is 23.5 Å². The fraction of sp³-hybridized carbons (Fsp3) is 0.188. The number of nitrogens with zero attached hydrogens (tertiary/aromatic N) is 1. The van der Waals surface area contributed by atoms with E-state index < -0.39 is 0 Å². The van der Waals surface area contributed by atoms with Crippen molar-refractivity contribution in [3.63, 3.8) is 0 Å². The molecule has 2 aromatic rings. The van der Waals surface area contributed by atoms with Crippen LogP contribution in [0.4, 0.5) is 11.4 Å². The zero-order valence-electron chi connectivity index (χ0n) is 11.7. The molecule has 0 saturated carbocycles. The Kier molecular flexibility index (Phi) is 4.25. The van der Waals surface area contributed by atoms with Gasteiger partial charge in [0.05, 0.1) is 18.4 Å². The summed E-state index contributed by atoms with van der Waals surface area (Å²) in [4.78, 5) is 14.4. The van der Waals surface area contributed by atoms with Crippen LogP contribution in [0.2, 0.25) is 0 Å². The molecular formula is C16H18N2O2. The number of carbonyl (C=O) groups is 1. The SMILES string of the molecule is CCN(C(=O)c1cccc(N)c1OC)c1ccccc1. The minimum atomic E-state index is -0.122. The summed E-state index contributed by atoms with van der Waals surface area (Å²) in [7, 11) is 1.52. The third-order valence-electron chi connectivity index (χ3n) is 3.11. The van der Waals surface area contributed by atoms with Crippen molar-refractivity contribution in [2.75, 3.05) is 24.3 Å². The van der Waals surface area contributed by atoms with Crippen LogP contribution in [0.15, 0.2) is 48.5 Å². The number of amides is 1. The highest BCUT2D eigenvalue weighted by Crippen LogP contribution is 2.28. The maximum absolute atomic E-state index is 12.7. The Bertz CT molecular complexity index is 597. The van der Waals surface area contributed by atoms with Gasteiger partial charge in [-0.25, -0.2) is 0 Å². The van der Waals surface area contributed by atoms with Gasteiger partial charge >= 0.3 is 0 Å². The van der Waals surface area contributed by atoms with E-state index in [1.165, 1.54) is 7.11 Å². The maximum atomic E-state index is 12.7. The van der Waals surface area contributed by atoms with E-state index in [1.807, 2.05) is 37.3 Å². The second-order valence-corrected chi connectivity index (χ2v) is 4.31. The van der Waals surface area contributed by atoms with Crippen molar-refractivity contribution in [1.82, 2.24) is 0 Å². The van der Waals surface area contributed by atoms with Crippen molar-refractivity contribution in [3.05, 3.63) is 54.1 Å². The first-order chi connectivity index (χ1) is 9.69. The normalized spacial score (nSPS) is 10.1. The van der Waals surface area contributed by atoms with Gasteiger partial charge in [-0.1, -0.05) is 24.3 Å². The lowest BCUT2D eigenvalue weighted by Gasteiger charge is -2.22. The minimum Gasteiger partial charge on any atom is -0.494 e. The molecule has 0 fully saturated rings. The third kappa shape index (κ3) is 2.59. The van der Waals surface area contributed by atoms with Gasteiger partial charge in [0, 0.05) is 12.2 Å². The van der Waals surface area contributed by atoms with E-state index in [1.54, 1.807) is 23.1 Å². The fourth-order valence-corrected chi connectivity index (χ4v) is 2.15. The number of anilines is 2. The summed E-state index contributed by atoms with van der Waals surface area (Å²) in [5.41, 5.74) is 7.64. The van der Waals surface area contributed by atoms with Crippen LogP contribution >= 0.6 is 0 Å². The highest BCUT2D eigenvalue weighted by atomic mass is 16.5. The number of nitrogen functional groups attached to an aromatic ring is 1. The number of hydrogen-bond donors (Lipinski definition) is 1. The summed E-state index contributed by atoms with van der Waals surface area (Å²) in [6.07, 6.45) is 0. The molecule has 0 bridgehead atoms. The first-order valence-electron chi connectivity index (χ1n) is 6.48. The van der Waals surface area contributed by atoms with Gasteiger partial charge in [-0.15, -0.1) is 0 Å². The van der Waals surface area contributed by atoms with Crippen molar-refractivity contribution in [2.24, 2.45) is 0 Å². The zero-order valence-corrected chi connectivity index (χ0v) is 11.7. The van der Waals surface area contributed by atoms with E-state index in [9.17, 15) is 4.79 Å². The van der Waals surface area contributed by atoms with E-state index in [-0.39, 0.29) is 5.91 Å². The molecule has 0 aliphatic carbocycles. The molecule has 0 aliphatic rings. The second-order valence-electron chi connectivity index (χ2n) is 4.31. The van der Waals surface area contributed by atoms with Crippen LogP contribution in [0.5, 0.6) is 5.75 Å². The molecule has 2 N–H and O–H groups in total. The lowest BCUT2D eigenvalue weighted by molar-refractivity contribution is 0.0985. The Morgan fingerprint density at radius 1 is 1.15 bits per heavy atom. The first kappa shape index (κ1) is 13.9. The third-order valence-corrected chi connectivity index (χ3v) is 3.11. The molecular weight excluding hydrogens is 252 g/mol. The molecule has 0 aliphatic heterocycles. The van der Waals surface area contributed by atoms with E-state index in [0.717, 1.165) is 5.69 Å². The standard InChI is InChI=1S/C16H18N2O2/c1-3-18(12-8-5-4-6-9-12)16(19)13-10-7-11-14(17)15(13)20-2/h4-11H,3,17H2,1-2H3. The summed E-state index contributed by atoms with van der Waals surface area (Å²) >= 11 is 0. The summed E-state index contributed by atoms with van der Waals surface area (Å²) in [5, 5.41) is 0. The van der Waals surface area contributed by atoms with Crippen molar-refractivity contribution in [3.8, 4) is 5.75 Å². The Balaban J connectivity index is 2.42. The van der Waals surface area contributed by atoms with Crippen LogP contribution in [-0.2, 0) is 0 Å². The Morgan fingerprint density at radius 3 is 2.45 bits per heavy atom. The van der Waals surface area contributed by atoms with Gasteiger partial charge in [-0.3, -0.25) is 4.79 Å². The highest BCUT2D eigenvalue weighted by molar-refractivity contribution is 6.08. The van der Waals surface area contributed by atoms with Gasteiger partial charge in [0.25, 0.3) is 5.91 Å². The molecule has 0 saturated heterocycles. The molecule has 0 aromatic heterocycles. The molecule has 2 rings (SSSR count). The van der Waals surface area contributed by atoms with E-state index in [2.05, 4.69) is 0 Å². The average Bonchev–Trinajstić information content (AvgIpc) is 2.48. The summed E-state index contributed by atoms with van der Waals surface area (Å²) in [6, 6.07) is 14.7. The number of benzene rings is 2. The number of methoxy groups -OCH3 is 1. The molecule has 1 amide bonds. The molecule has 0 spiro atoms. The maximum Gasteiger partial charge on any atom is 0.262 e.